The second-order valence-electron chi connectivity index (χ2n) is 3.06. The Kier molecular flexibility index (Phi) is 2.87. The Balaban J connectivity index is 2.17. The molecule has 0 fully saturated rings. The Labute approximate surface area is 96.5 Å². The van der Waals surface area contributed by atoms with Crippen LogP contribution < -0.4 is 5.32 Å². The first-order valence-corrected chi connectivity index (χ1v) is 4.88. The maximum Gasteiger partial charge on any atom is 0.260 e. The number of hydrogen-bond donors (Lipinski definition) is 1. The van der Waals surface area contributed by atoms with E-state index in [9.17, 15) is 4.79 Å². The highest BCUT2D eigenvalue weighted by Gasteiger charge is 2.12. The molecule has 16 heavy (non-hydrogen) atoms. The molecule has 82 valence electrons. The van der Waals surface area contributed by atoms with Gasteiger partial charge in [-0.1, -0.05) is 0 Å². The van der Waals surface area contributed by atoms with E-state index >= 15 is 0 Å². The molecule has 0 radical (unpaired) electrons. The van der Waals surface area contributed by atoms with Crippen molar-refractivity contribution in [3.63, 3.8) is 0 Å². The van der Waals surface area contributed by atoms with Crippen molar-refractivity contribution in [3.05, 3.63) is 41.2 Å². The quantitative estimate of drug-likeness (QED) is 0.814. The summed E-state index contributed by atoms with van der Waals surface area (Å²) in [5.41, 5.74) is 0.467. The normalized spacial score (nSPS) is 10.1. The molecular weight excluding hydrogens is 230 g/mol. The van der Waals surface area contributed by atoms with Gasteiger partial charge in [0, 0.05) is 6.20 Å². The molecule has 2 aromatic rings. The van der Waals surface area contributed by atoms with Gasteiger partial charge in [0.2, 0.25) is 5.28 Å². The molecule has 0 saturated heterocycles. The van der Waals surface area contributed by atoms with Crippen molar-refractivity contribution in [3.8, 4) is 0 Å². The van der Waals surface area contributed by atoms with Crippen LogP contribution in [0.5, 0.6) is 0 Å². The molecule has 0 saturated carbocycles. The summed E-state index contributed by atoms with van der Waals surface area (Å²) in [5, 5.41) is 2.68. The summed E-state index contributed by atoms with van der Waals surface area (Å²) >= 11 is 5.59. The van der Waals surface area contributed by atoms with Crippen LogP contribution in [-0.2, 0) is 0 Å². The zero-order chi connectivity index (χ0) is 11.5. The topological polar surface area (TPSA) is 68.0 Å². The third-order valence-electron chi connectivity index (χ3n) is 1.97. The van der Waals surface area contributed by atoms with E-state index in [4.69, 9.17) is 16.0 Å². The number of aromatic nitrogens is 2. The smallest absolute Gasteiger partial charge is 0.260 e. The first-order valence-electron chi connectivity index (χ1n) is 4.51. The van der Waals surface area contributed by atoms with E-state index in [1.54, 1.807) is 19.1 Å². The number of carbonyl (C=O) groups excluding carboxylic acids is 1. The van der Waals surface area contributed by atoms with Gasteiger partial charge in [-0.15, -0.1) is 0 Å². The molecule has 0 spiro atoms. The summed E-state index contributed by atoms with van der Waals surface area (Å²) in [6.45, 7) is 1.71. The number of rotatable bonds is 2. The summed E-state index contributed by atoms with van der Waals surface area (Å²) in [6.07, 6.45) is 2.92. The van der Waals surface area contributed by atoms with Gasteiger partial charge in [0.05, 0.1) is 11.8 Å². The molecule has 0 atom stereocenters. The number of hydrogen-bond acceptors (Lipinski definition) is 4. The fourth-order valence-electron chi connectivity index (χ4n) is 1.21. The second kappa shape index (κ2) is 4.32. The van der Waals surface area contributed by atoms with Gasteiger partial charge in [-0.05, 0) is 30.7 Å². The van der Waals surface area contributed by atoms with Crippen LogP contribution in [0.2, 0.25) is 5.28 Å². The third kappa shape index (κ3) is 2.20. The zero-order valence-corrected chi connectivity index (χ0v) is 9.15. The minimum atomic E-state index is -0.291. The number of carbonyl (C=O) groups is 1. The Morgan fingerprint density at radius 3 is 2.94 bits per heavy atom. The van der Waals surface area contributed by atoms with Crippen molar-refractivity contribution < 1.29 is 9.21 Å². The molecule has 5 nitrogen and oxygen atoms in total. The van der Waals surface area contributed by atoms with Gasteiger partial charge in [-0.3, -0.25) is 4.79 Å². The Bertz CT molecular complexity index is 524. The lowest BCUT2D eigenvalue weighted by Crippen LogP contribution is -2.13. The van der Waals surface area contributed by atoms with Crippen LogP contribution in [0.15, 0.2) is 29.0 Å². The Morgan fingerprint density at radius 1 is 1.50 bits per heavy atom. The van der Waals surface area contributed by atoms with E-state index in [-0.39, 0.29) is 11.2 Å². The third-order valence-corrected chi connectivity index (χ3v) is 2.15. The maximum absolute atomic E-state index is 11.7. The van der Waals surface area contributed by atoms with Crippen molar-refractivity contribution >= 4 is 23.3 Å². The highest BCUT2D eigenvalue weighted by atomic mass is 35.5. The fraction of sp³-hybridized carbons (Fsp3) is 0.100. The van der Waals surface area contributed by atoms with E-state index in [2.05, 4.69) is 15.3 Å². The van der Waals surface area contributed by atoms with Gasteiger partial charge >= 0.3 is 0 Å². The van der Waals surface area contributed by atoms with E-state index in [0.717, 1.165) is 0 Å². The lowest BCUT2D eigenvalue weighted by molar-refractivity contribution is 0.102. The highest BCUT2D eigenvalue weighted by molar-refractivity contribution is 6.28. The van der Waals surface area contributed by atoms with Gasteiger partial charge in [0.25, 0.3) is 5.91 Å². The van der Waals surface area contributed by atoms with Crippen LogP contribution in [0, 0.1) is 6.92 Å². The van der Waals surface area contributed by atoms with Crippen molar-refractivity contribution in [1.82, 2.24) is 9.97 Å². The molecule has 1 amide bonds. The number of nitrogens with zero attached hydrogens (tertiary/aromatic N) is 2. The highest BCUT2D eigenvalue weighted by Crippen LogP contribution is 2.12. The summed E-state index contributed by atoms with van der Waals surface area (Å²) < 4.78 is 5.03. The Hall–Kier alpha value is -1.88. The molecule has 0 unspecified atom stereocenters. The van der Waals surface area contributed by atoms with Gasteiger partial charge in [-0.25, -0.2) is 9.97 Å². The molecule has 2 aromatic heterocycles. The van der Waals surface area contributed by atoms with Crippen LogP contribution in [0.3, 0.4) is 0 Å². The van der Waals surface area contributed by atoms with Crippen molar-refractivity contribution in [2.24, 2.45) is 0 Å². The van der Waals surface area contributed by atoms with Crippen molar-refractivity contribution in [2.75, 3.05) is 5.32 Å². The van der Waals surface area contributed by atoms with Crippen LogP contribution in [0.1, 0.15) is 16.1 Å². The molecule has 0 aliphatic carbocycles. The minimum absolute atomic E-state index is 0.0849. The molecule has 0 aromatic carbocycles. The van der Waals surface area contributed by atoms with Crippen molar-refractivity contribution in [1.29, 1.82) is 0 Å². The van der Waals surface area contributed by atoms with Crippen LogP contribution in [0.4, 0.5) is 5.82 Å². The predicted octanol–water partition coefficient (Wildman–Crippen LogP) is 2.28. The van der Waals surface area contributed by atoms with Gasteiger partial charge in [-0.2, -0.15) is 0 Å². The monoisotopic (exact) mass is 237 g/mol. The largest absolute Gasteiger partial charge is 0.469 e. The maximum atomic E-state index is 11.7. The average Bonchev–Trinajstić information content (AvgIpc) is 2.64. The summed E-state index contributed by atoms with van der Waals surface area (Å²) in [6, 6.07) is 3.15. The zero-order valence-electron chi connectivity index (χ0n) is 8.40. The van der Waals surface area contributed by atoms with Crippen LogP contribution in [-0.4, -0.2) is 15.9 Å². The molecule has 2 heterocycles. The number of anilines is 1. The first kappa shape index (κ1) is 10.6. The number of furan rings is 1. The second-order valence-corrected chi connectivity index (χ2v) is 3.39. The minimum Gasteiger partial charge on any atom is -0.469 e. The van der Waals surface area contributed by atoms with E-state index in [0.29, 0.717) is 17.1 Å². The van der Waals surface area contributed by atoms with Gasteiger partial charge in [0.1, 0.15) is 11.6 Å². The Morgan fingerprint density at radius 2 is 2.31 bits per heavy atom. The molecule has 0 aliphatic heterocycles. The molecular formula is C10H8ClN3O2. The molecule has 0 aliphatic rings. The van der Waals surface area contributed by atoms with Gasteiger partial charge < -0.3 is 9.73 Å². The first-order chi connectivity index (χ1) is 7.66. The fourth-order valence-corrected chi connectivity index (χ4v) is 1.36. The number of aryl methyl sites for hydroxylation is 1. The molecule has 0 bridgehead atoms. The SMILES string of the molecule is Cc1occc1C(=O)Nc1ccnc(Cl)n1. The standard InChI is InChI=1S/C10H8ClN3O2/c1-6-7(3-5-16-6)9(15)13-8-2-4-12-10(11)14-8/h2-5H,1H3,(H,12,13,14,15). The van der Waals surface area contributed by atoms with E-state index < -0.39 is 0 Å². The molecule has 1 N–H and O–H groups in total. The number of amides is 1. The predicted molar refractivity (Wildman–Crippen MR) is 58.4 cm³/mol. The van der Waals surface area contributed by atoms with E-state index in [1.807, 2.05) is 0 Å². The van der Waals surface area contributed by atoms with Crippen molar-refractivity contribution in [2.45, 2.75) is 6.92 Å². The summed E-state index contributed by atoms with van der Waals surface area (Å²) in [4.78, 5) is 19.3. The summed E-state index contributed by atoms with van der Waals surface area (Å²) in [7, 11) is 0. The van der Waals surface area contributed by atoms with Crippen LogP contribution >= 0.6 is 11.6 Å². The van der Waals surface area contributed by atoms with Gasteiger partial charge in [0.15, 0.2) is 0 Å². The lowest BCUT2D eigenvalue weighted by Gasteiger charge is -2.02. The summed E-state index contributed by atoms with van der Waals surface area (Å²) in [5.74, 6) is 0.615. The van der Waals surface area contributed by atoms with Crippen LogP contribution in [0.25, 0.3) is 0 Å². The average molecular weight is 238 g/mol. The number of nitrogens with one attached hydrogen (secondary N) is 1. The molecule has 2 rings (SSSR count). The number of halogens is 1. The van der Waals surface area contributed by atoms with E-state index in [1.165, 1.54) is 12.5 Å². The lowest BCUT2D eigenvalue weighted by atomic mass is 10.2. The molecule has 6 heteroatoms.